The van der Waals surface area contributed by atoms with Gasteiger partial charge in [0.1, 0.15) is 11.9 Å². The zero-order valence-corrected chi connectivity index (χ0v) is 28.5. The van der Waals surface area contributed by atoms with Crippen molar-refractivity contribution in [1.29, 1.82) is 0 Å². The van der Waals surface area contributed by atoms with Crippen LogP contribution in [0.4, 0.5) is 10.1 Å². The number of aliphatic hydroxyl groups excluding tert-OH is 2. The van der Waals surface area contributed by atoms with Crippen LogP contribution in [0.25, 0.3) is 22.4 Å². The first-order chi connectivity index (χ1) is 24.0. The fourth-order valence-corrected chi connectivity index (χ4v) is 6.22. The Balaban J connectivity index is 1.65. The van der Waals surface area contributed by atoms with Gasteiger partial charge in [0, 0.05) is 23.5 Å². The number of carboxylic acid groups (broad SMARTS) is 1. The second-order valence-electron chi connectivity index (χ2n) is 12.8. The molecule has 1 unspecified atom stereocenters. The molecule has 11 heteroatoms. The van der Waals surface area contributed by atoms with Gasteiger partial charge in [-0.05, 0) is 92.1 Å². The van der Waals surface area contributed by atoms with E-state index in [4.69, 9.17) is 5.73 Å². The van der Waals surface area contributed by atoms with Gasteiger partial charge in [0.05, 0.1) is 29.9 Å². The molecule has 50 heavy (non-hydrogen) atoms. The van der Waals surface area contributed by atoms with Gasteiger partial charge in [-0.15, -0.1) is 0 Å². The summed E-state index contributed by atoms with van der Waals surface area (Å²) in [6, 6.07) is 23.6. The molecule has 0 saturated heterocycles. The van der Waals surface area contributed by atoms with Crippen molar-refractivity contribution in [3.8, 4) is 22.4 Å². The molecule has 0 bridgehead atoms. The highest BCUT2D eigenvalue weighted by Gasteiger charge is 2.31. The molecule has 0 spiro atoms. The number of nitrogens with zero attached hydrogens (tertiary/aromatic N) is 1. The topological polar surface area (TPSA) is 167 Å². The van der Waals surface area contributed by atoms with Gasteiger partial charge in [-0.1, -0.05) is 62.4 Å². The summed E-state index contributed by atoms with van der Waals surface area (Å²) in [5, 5.41) is 36.7. The minimum absolute atomic E-state index is 0.130. The van der Waals surface area contributed by atoms with Gasteiger partial charge in [0.15, 0.2) is 0 Å². The lowest BCUT2D eigenvalue weighted by Gasteiger charge is -2.21. The van der Waals surface area contributed by atoms with E-state index in [0.717, 1.165) is 11.3 Å². The zero-order chi connectivity index (χ0) is 36.2. The zero-order valence-electron chi connectivity index (χ0n) is 28.5. The van der Waals surface area contributed by atoms with Gasteiger partial charge in [0.25, 0.3) is 5.91 Å². The largest absolute Gasteiger partial charge is 0.480 e. The van der Waals surface area contributed by atoms with E-state index in [1.54, 1.807) is 24.3 Å². The van der Waals surface area contributed by atoms with Crippen molar-refractivity contribution in [2.24, 2.45) is 5.73 Å². The average Bonchev–Trinajstić information content (AvgIpc) is 3.43. The Morgan fingerprint density at radius 2 is 1.48 bits per heavy atom. The maximum Gasteiger partial charge on any atom is 0.326 e. The summed E-state index contributed by atoms with van der Waals surface area (Å²) >= 11 is 0. The van der Waals surface area contributed by atoms with Crippen LogP contribution in [0.3, 0.4) is 0 Å². The van der Waals surface area contributed by atoms with Gasteiger partial charge in [0.2, 0.25) is 5.91 Å². The van der Waals surface area contributed by atoms with E-state index < -0.39 is 35.9 Å². The van der Waals surface area contributed by atoms with Crippen molar-refractivity contribution >= 4 is 23.5 Å². The van der Waals surface area contributed by atoms with E-state index in [9.17, 15) is 34.1 Å². The quantitative estimate of drug-likeness (QED) is 0.0706. The number of nitrogens with two attached hydrogens (primary N) is 1. The average molecular weight is 687 g/mol. The van der Waals surface area contributed by atoms with Crippen molar-refractivity contribution in [2.45, 2.75) is 83.1 Å². The van der Waals surface area contributed by atoms with E-state index in [2.05, 4.69) is 10.6 Å². The molecule has 0 radical (unpaired) electrons. The highest BCUT2D eigenvalue weighted by Crippen LogP contribution is 2.42. The molecule has 0 aliphatic rings. The Kier molecular flexibility index (Phi) is 13.8. The maximum absolute atomic E-state index is 14.2. The number of hydrogen-bond donors (Lipinski definition) is 6. The standard InChI is InChI=1S/C39H47FN4O6/c1-25(2)36-35(38(48)42-29-13-7-4-8-14-29)34(26-11-5-3-6-12-26)37(27-16-18-28(40)19-17-27)44(36)22-20-30(45)23-31(46)24-33(47)43-32(39(49)50)15-9-10-21-41/h3-8,11-14,16-19,25,30-32,45-46H,9-10,15,20-24,41H2,1-2H3,(H,42,48)(H,43,47)(H,49,50)/t30-,31-,32?/m1/s1. The first kappa shape index (κ1) is 38.0. The van der Waals surface area contributed by atoms with E-state index >= 15 is 0 Å². The summed E-state index contributed by atoms with van der Waals surface area (Å²) in [5.41, 5.74) is 10.1. The molecule has 0 fully saturated rings. The summed E-state index contributed by atoms with van der Waals surface area (Å²) < 4.78 is 16.2. The van der Waals surface area contributed by atoms with E-state index in [1.807, 2.05) is 66.9 Å². The van der Waals surface area contributed by atoms with Crippen LogP contribution in [0.15, 0.2) is 84.9 Å². The van der Waals surface area contributed by atoms with Gasteiger partial charge in [-0.3, -0.25) is 9.59 Å². The Morgan fingerprint density at radius 1 is 0.840 bits per heavy atom. The van der Waals surface area contributed by atoms with Gasteiger partial charge < -0.3 is 36.3 Å². The number of amides is 2. The van der Waals surface area contributed by atoms with Crippen molar-refractivity contribution in [2.75, 3.05) is 11.9 Å². The Morgan fingerprint density at radius 3 is 2.08 bits per heavy atom. The lowest BCUT2D eigenvalue weighted by Crippen LogP contribution is -2.42. The summed E-state index contributed by atoms with van der Waals surface area (Å²) in [4.78, 5) is 38.4. The van der Waals surface area contributed by atoms with Crippen LogP contribution >= 0.6 is 0 Å². The number of para-hydroxylation sites is 1. The number of anilines is 1. The Bertz CT molecular complexity index is 1710. The molecule has 10 nitrogen and oxygen atoms in total. The molecule has 3 atom stereocenters. The number of carbonyl (C=O) groups is 3. The van der Waals surface area contributed by atoms with Crippen molar-refractivity contribution in [3.63, 3.8) is 0 Å². The normalized spacial score (nSPS) is 13.1. The third kappa shape index (κ3) is 10.1. The van der Waals surface area contributed by atoms with Gasteiger partial charge in [-0.25, -0.2) is 9.18 Å². The van der Waals surface area contributed by atoms with Crippen LogP contribution in [0, 0.1) is 5.82 Å². The molecule has 4 rings (SSSR count). The second kappa shape index (κ2) is 18.2. The van der Waals surface area contributed by atoms with Crippen molar-refractivity contribution in [1.82, 2.24) is 9.88 Å². The summed E-state index contributed by atoms with van der Waals surface area (Å²) in [5.74, 6) is -2.66. The molecule has 266 valence electrons. The molecule has 0 aliphatic heterocycles. The van der Waals surface area contributed by atoms with E-state index in [-0.39, 0.29) is 44.1 Å². The number of rotatable bonds is 18. The lowest BCUT2D eigenvalue weighted by molar-refractivity contribution is -0.142. The highest BCUT2D eigenvalue weighted by atomic mass is 19.1. The van der Waals surface area contributed by atoms with Crippen LogP contribution < -0.4 is 16.4 Å². The predicted molar refractivity (Wildman–Crippen MR) is 192 cm³/mol. The third-order valence-corrected chi connectivity index (χ3v) is 8.52. The molecule has 0 saturated carbocycles. The van der Waals surface area contributed by atoms with E-state index in [0.29, 0.717) is 47.5 Å². The third-order valence-electron chi connectivity index (χ3n) is 8.52. The molecule has 2 amide bonds. The number of aliphatic carboxylic acids is 1. The van der Waals surface area contributed by atoms with Crippen LogP contribution in [0.1, 0.15) is 74.3 Å². The minimum Gasteiger partial charge on any atom is -0.480 e. The van der Waals surface area contributed by atoms with Crippen LogP contribution in [0.5, 0.6) is 0 Å². The molecule has 3 aromatic carbocycles. The monoisotopic (exact) mass is 686 g/mol. The maximum atomic E-state index is 14.2. The molecule has 7 N–H and O–H groups in total. The molecule has 1 heterocycles. The number of aliphatic hydroxyl groups is 2. The number of carbonyl (C=O) groups excluding carboxylic acids is 2. The first-order valence-corrected chi connectivity index (χ1v) is 17.0. The Hall–Kier alpha value is -4.84. The van der Waals surface area contributed by atoms with Crippen molar-refractivity contribution in [3.05, 3.63) is 102 Å². The van der Waals surface area contributed by atoms with Crippen LogP contribution in [-0.4, -0.2) is 62.5 Å². The molecule has 0 aliphatic carbocycles. The predicted octanol–water partition coefficient (Wildman–Crippen LogP) is 5.93. The number of carboxylic acids is 1. The lowest BCUT2D eigenvalue weighted by atomic mass is 9.94. The minimum atomic E-state index is -1.22. The first-order valence-electron chi connectivity index (χ1n) is 17.0. The fraction of sp³-hybridized carbons (Fsp3) is 0.359. The number of hydrogen-bond acceptors (Lipinski definition) is 6. The number of halogens is 1. The SMILES string of the molecule is CC(C)c1c(C(=O)Nc2ccccc2)c(-c2ccccc2)c(-c2ccc(F)cc2)n1CC[C@@H](O)C[C@@H](O)CC(=O)NC(CCCCN)C(=O)O. The summed E-state index contributed by atoms with van der Waals surface area (Å²) in [6.07, 6.45) is -1.22. The van der Waals surface area contributed by atoms with Gasteiger partial charge in [-0.2, -0.15) is 0 Å². The number of benzene rings is 3. The number of nitrogens with one attached hydrogen (secondary N) is 2. The summed E-state index contributed by atoms with van der Waals surface area (Å²) in [6.45, 7) is 4.61. The highest BCUT2D eigenvalue weighted by molar-refractivity contribution is 6.12. The van der Waals surface area contributed by atoms with Crippen molar-refractivity contribution < 1.29 is 34.1 Å². The Labute approximate surface area is 292 Å². The fourth-order valence-electron chi connectivity index (χ4n) is 6.22. The smallest absolute Gasteiger partial charge is 0.326 e. The number of aromatic nitrogens is 1. The van der Waals surface area contributed by atoms with E-state index in [1.165, 1.54) is 12.1 Å². The van der Waals surface area contributed by atoms with Crippen LogP contribution in [0.2, 0.25) is 0 Å². The molecular formula is C39H47FN4O6. The molecule has 1 aromatic heterocycles. The van der Waals surface area contributed by atoms with Gasteiger partial charge >= 0.3 is 5.97 Å². The van der Waals surface area contributed by atoms with Crippen LogP contribution in [-0.2, 0) is 16.1 Å². The number of unbranched alkanes of at least 4 members (excludes halogenated alkanes) is 1. The molecule has 4 aromatic rings. The second-order valence-corrected chi connectivity index (χ2v) is 12.8. The molecular weight excluding hydrogens is 639 g/mol. The summed E-state index contributed by atoms with van der Waals surface area (Å²) in [7, 11) is 0.